The summed E-state index contributed by atoms with van der Waals surface area (Å²) in [6, 6.07) is 12.9. The first-order chi connectivity index (χ1) is 7.31. The lowest BCUT2D eigenvalue weighted by Gasteiger charge is -2.06. The van der Waals surface area contributed by atoms with Gasteiger partial charge in [0.05, 0.1) is 0 Å². The maximum Gasteiger partial charge on any atom is 0.169 e. The van der Waals surface area contributed by atoms with E-state index < -0.39 is 0 Å². The largest absolute Gasteiger partial charge is 0.208 e. The standard InChI is InChI=1S/C14H16N/c1-3-12-6-4-5-7-14(12)13-8-10-15(2)11-9-13/h4-11H,3H2,1-2H3/q+1. The average Bonchev–Trinajstić information content (AvgIpc) is 2.30. The molecule has 0 aliphatic rings. The minimum absolute atomic E-state index is 1.08. The molecular formula is C14H16N+. The van der Waals surface area contributed by atoms with E-state index in [2.05, 4.69) is 60.3 Å². The van der Waals surface area contributed by atoms with Crippen molar-refractivity contribution in [3.8, 4) is 11.1 Å². The summed E-state index contributed by atoms with van der Waals surface area (Å²) in [5.41, 5.74) is 4.05. The summed E-state index contributed by atoms with van der Waals surface area (Å²) in [4.78, 5) is 0. The van der Waals surface area contributed by atoms with Crippen molar-refractivity contribution in [3.63, 3.8) is 0 Å². The normalized spacial score (nSPS) is 10.3. The van der Waals surface area contributed by atoms with E-state index in [-0.39, 0.29) is 0 Å². The molecule has 0 amide bonds. The van der Waals surface area contributed by atoms with E-state index in [1.54, 1.807) is 0 Å². The van der Waals surface area contributed by atoms with Crippen molar-refractivity contribution in [3.05, 3.63) is 54.4 Å². The number of nitrogens with zero attached hydrogens (tertiary/aromatic N) is 1. The summed E-state index contributed by atoms with van der Waals surface area (Å²) >= 11 is 0. The molecule has 0 bridgehead atoms. The Morgan fingerprint density at radius 3 is 2.33 bits per heavy atom. The van der Waals surface area contributed by atoms with Crippen LogP contribution in [0, 0.1) is 0 Å². The summed E-state index contributed by atoms with van der Waals surface area (Å²) in [6.07, 6.45) is 5.25. The Labute approximate surface area is 91.0 Å². The molecule has 1 heterocycles. The number of rotatable bonds is 2. The van der Waals surface area contributed by atoms with Crippen LogP contribution < -0.4 is 4.57 Å². The quantitative estimate of drug-likeness (QED) is 0.653. The minimum atomic E-state index is 1.08. The first-order valence-electron chi connectivity index (χ1n) is 5.35. The van der Waals surface area contributed by atoms with Gasteiger partial charge in [-0.25, -0.2) is 4.57 Å². The van der Waals surface area contributed by atoms with Crippen LogP contribution in [0.15, 0.2) is 48.8 Å². The number of hydrogen-bond donors (Lipinski definition) is 0. The Hall–Kier alpha value is -1.63. The number of hydrogen-bond acceptors (Lipinski definition) is 0. The third-order valence-electron chi connectivity index (χ3n) is 2.69. The smallest absolute Gasteiger partial charge is 0.169 e. The third kappa shape index (κ3) is 2.07. The van der Waals surface area contributed by atoms with Crippen molar-refractivity contribution in [2.24, 2.45) is 7.05 Å². The molecule has 0 spiro atoms. The van der Waals surface area contributed by atoms with E-state index in [0.29, 0.717) is 0 Å². The van der Waals surface area contributed by atoms with Gasteiger partial charge in [-0.15, -0.1) is 0 Å². The van der Waals surface area contributed by atoms with Crippen LogP contribution in [-0.2, 0) is 13.5 Å². The maximum absolute atomic E-state index is 2.20. The van der Waals surface area contributed by atoms with Crippen LogP contribution >= 0.6 is 0 Å². The Morgan fingerprint density at radius 2 is 1.67 bits per heavy atom. The van der Waals surface area contributed by atoms with Crippen LogP contribution in [0.3, 0.4) is 0 Å². The fourth-order valence-corrected chi connectivity index (χ4v) is 1.79. The zero-order valence-electron chi connectivity index (χ0n) is 9.27. The average molecular weight is 198 g/mol. The number of pyridine rings is 1. The van der Waals surface area contributed by atoms with E-state index in [1.807, 2.05) is 7.05 Å². The van der Waals surface area contributed by atoms with Gasteiger partial charge < -0.3 is 0 Å². The monoisotopic (exact) mass is 198 g/mol. The SMILES string of the molecule is CCc1ccccc1-c1cc[n+](C)cc1. The fraction of sp³-hybridized carbons (Fsp3) is 0.214. The van der Waals surface area contributed by atoms with E-state index in [1.165, 1.54) is 16.7 Å². The molecule has 0 fully saturated rings. The van der Waals surface area contributed by atoms with Gasteiger partial charge in [-0.2, -0.15) is 0 Å². The Bertz CT molecular complexity index is 443. The molecule has 0 unspecified atom stereocenters. The molecule has 0 radical (unpaired) electrons. The van der Waals surface area contributed by atoms with E-state index in [0.717, 1.165) is 6.42 Å². The fourth-order valence-electron chi connectivity index (χ4n) is 1.79. The van der Waals surface area contributed by atoms with Crippen molar-refractivity contribution in [2.75, 3.05) is 0 Å². The zero-order valence-corrected chi connectivity index (χ0v) is 9.27. The Balaban J connectivity index is 2.49. The van der Waals surface area contributed by atoms with Crippen molar-refractivity contribution in [1.29, 1.82) is 0 Å². The lowest BCUT2D eigenvalue weighted by molar-refractivity contribution is -0.671. The summed E-state index contributed by atoms with van der Waals surface area (Å²) in [6.45, 7) is 2.20. The highest BCUT2D eigenvalue weighted by Crippen LogP contribution is 2.22. The number of benzene rings is 1. The Kier molecular flexibility index (Phi) is 2.82. The van der Waals surface area contributed by atoms with Crippen LogP contribution in [-0.4, -0.2) is 0 Å². The highest BCUT2D eigenvalue weighted by molar-refractivity contribution is 5.66. The second kappa shape index (κ2) is 4.26. The molecule has 76 valence electrons. The van der Waals surface area contributed by atoms with Crippen LogP contribution in [0.4, 0.5) is 0 Å². The van der Waals surface area contributed by atoms with E-state index in [4.69, 9.17) is 0 Å². The first kappa shape index (κ1) is 9.91. The van der Waals surface area contributed by atoms with Gasteiger partial charge in [-0.1, -0.05) is 31.2 Å². The molecule has 1 nitrogen and oxygen atoms in total. The van der Waals surface area contributed by atoms with Gasteiger partial charge in [-0.3, -0.25) is 0 Å². The topological polar surface area (TPSA) is 3.88 Å². The predicted octanol–water partition coefficient (Wildman–Crippen LogP) is 2.74. The molecule has 0 N–H and O–H groups in total. The van der Waals surface area contributed by atoms with Gasteiger partial charge in [-0.05, 0) is 23.1 Å². The van der Waals surface area contributed by atoms with Gasteiger partial charge in [0.2, 0.25) is 0 Å². The molecule has 1 aromatic carbocycles. The molecule has 2 rings (SSSR count). The molecule has 0 atom stereocenters. The second-order valence-corrected chi connectivity index (χ2v) is 3.76. The molecule has 1 aromatic heterocycles. The lowest BCUT2D eigenvalue weighted by Crippen LogP contribution is -2.25. The third-order valence-corrected chi connectivity index (χ3v) is 2.69. The first-order valence-corrected chi connectivity index (χ1v) is 5.35. The van der Waals surface area contributed by atoms with Gasteiger partial charge in [0.25, 0.3) is 0 Å². The van der Waals surface area contributed by atoms with Crippen LogP contribution in [0.1, 0.15) is 12.5 Å². The number of aromatic nitrogens is 1. The van der Waals surface area contributed by atoms with Crippen molar-refractivity contribution < 1.29 is 4.57 Å². The molecule has 0 saturated heterocycles. The molecular weight excluding hydrogens is 182 g/mol. The lowest BCUT2D eigenvalue weighted by atomic mass is 9.99. The highest BCUT2D eigenvalue weighted by Gasteiger charge is 2.03. The molecule has 0 aliphatic carbocycles. The molecule has 15 heavy (non-hydrogen) atoms. The number of aryl methyl sites for hydroxylation is 2. The minimum Gasteiger partial charge on any atom is -0.208 e. The second-order valence-electron chi connectivity index (χ2n) is 3.76. The summed E-state index contributed by atoms with van der Waals surface area (Å²) < 4.78 is 2.05. The van der Waals surface area contributed by atoms with Gasteiger partial charge >= 0.3 is 0 Å². The van der Waals surface area contributed by atoms with E-state index in [9.17, 15) is 0 Å². The van der Waals surface area contributed by atoms with Gasteiger partial charge in [0.1, 0.15) is 7.05 Å². The zero-order chi connectivity index (χ0) is 10.7. The van der Waals surface area contributed by atoms with Crippen molar-refractivity contribution in [2.45, 2.75) is 13.3 Å². The van der Waals surface area contributed by atoms with Crippen LogP contribution in [0.25, 0.3) is 11.1 Å². The predicted molar refractivity (Wildman–Crippen MR) is 62.4 cm³/mol. The maximum atomic E-state index is 2.20. The molecule has 1 heteroatoms. The van der Waals surface area contributed by atoms with Crippen molar-refractivity contribution in [1.82, 2.24) is 0 Å². The Morgan fingerprint density at radius 1 is 1.00 bits per heavy atom. The van der Waals surface area contributed by atoms with Crippen LogP contribution in [0.5, 0.6) is 0 Å². The van der Waals surface area contributed by atoms with Gasteiger partial charge in [0, 0.05) is 12.1 Å². The summed E-state index contributed by atoms with van der Waals surface area (Å²) in [5, 5.41) is 0. The summed E-state index contributed by atoms with van der Waals surface area (Å²) in [5.74, 6) is 0. The van der Waals surface area contributed by atoms with Crippen LogP contribution in [0.2, 0.25) is 0 Å². The van der Waals surface area contributed by atoms with Gasteiger partial charge in [0.15, 0.2) is 12.4 Å². The van der Waals surface area contributed by atoms with Crippen molar-refractivity contribution >= 4 is 0 Å². The molecule has 0 saturated carbocycles. The molecule has 0 aliphatic heterocycles. The molecule has 2 aromatic rings. The summed E-state index contributed by atoms with van der Waals surface area (Å²) in [7, 11) is 2.04. The highest BCUT2D eigenvalue weighted by atomic mass is 14.9. The van der Waals surface area contributed by atoms with E-state index >= 15 is 0 Å².